The van der Waals surface area contributed by atoms with Crippen LogP contribution in [0.1, 0.15) is 11.4 Å². The molecule has 8 heteroatoms. The first-order valence-electron chi connectivity index (χ1n) is 5.11. The minimum atomic E-state index is -1.08. The lowest BCUT2D eigenvalue weighted by atomic mass is 10.3. The van der Waals surface area contributed by atoms with Crippen LogP contribution in [0.5, 0.6) is 0 Å². The van der Waals surface area contributed by atoms with E-state index < -0.39 is 6.09 Å². The second kappa shape index (κ2) is 5.58. The third-order valence-corrected chi connectivity index (χ3v) is 2.55. The monoisotopic (exact) mass is 311 g/mol. The first-order valence-corrected chi connectivity index (χ1v) is 5.90. The predicted molar refractivity (Wildman–Crippen MR) is 65.9 cm³/mol. The molecule has 2 rings (SSSR count). The van der Waals surface area contributed by atoms with E-state index in [9.17, 15) is 4.79 Å². The molecule has 18 heavy (non-hydrogen) atoms. The average molecular weight is 312 g/mol. The highest BCUT2D eigenvalue weighted by molar-refractivity contribution is 9.10. The third kappa shape index (κ3) is 3.52. The van der Waals surface area contributed by atoms with Crippen LogP contribution in [0.15, 0.2) is 29.0 Å². The zero-order valence-electron chi connectivity index (χ0n) is 9.25. The maximum absolute atomic E-state index is 10.3. The van der Waals surface area contributed by atoms with Crippen molar-refractivity contribution in [3.05, 3.63) is 40.4 Å². The van der Waals surface area contributed by atoms with E-state index in [2.05, 4.69) is 36.5 Å². The molecule has 0 aliphatic rings. The van der Waals surface area contributed by atoms with Gasteiger partial charge >= 0.3 is 6.09 Å². The van der Waals surface area contributed by atoms with E-state index in [1.165, 1.54) is 0 Å². The van der Waals surface area contributed by atoms with Crippen LogP contribution in [0.3, 0.4) is 0 Å². The molecule has 2 N–H and O–H groups in total. The van der Waals surface area contributed by atoms with Crippen molar-refractivity contribution in [3.63, 3.8) is 0 Å². The molecule has 2 aromatic heterocycles. The Bertz CT molecular complexity index is 557. The third-order valence-electron chi connectivity index (χ3n) is 2.10. The molecule has 7 nitrogen and oxygen atoms in total. The van der Waals surface area contributed by atoms with Gasteiger partial charge in [-0.05, 0) is 28.1 Å². The summed E-state index contributed by atoms with van der Waals surface area (Å²) in [6.45, 7) is 0.626. The molecule has 0 atom stereocenters. The van der Waals surface area contributed by atoms with Gasteiger partial charge in [0.15, 0.2) is 0 Å². The Kier molecular flexibility index (Phi) is 3.88. The number of nitrogens with one attached hydrogen (secondary N) is 1. The minimum Gasteiger partial charge on any atom is -0.465 e. The first-order chi connectivity index (χ1) is 8.63. The van der Waals surface area contributed by atoms with E-state index in [0.29, 0.717) is 12.2 Å². The molecule has 0 aliphatic heterocycles. The molecule has 0 bridgehead atoms. The van der Waals surface area contributed by atoms with Crippen LogP contribution in [0, 0.1) is 0 Å². The van der Waals surface area contributed by atoms with Crippen LogP contribution in [-0.4, -0.2) is 31.2 Å². The summed E-state index contributed by atoms with van der Waals surface area (Å²) in [7, 11) is 0. The van der Waals surface area contributed by atoms with Gasteiger partial charge < -0.3 is 10.4 Å². The number of pyridine rings is 1. The van der Waals surface area contributed by atoms with E-state index in [4.69, 9.17) is 5.11 Å². The van der Waals surface area contributed by atoms with Crippen LogP contribution in [0.4, 0.5) is 4.79 Å². The number of nitrogens with zero attached hydrogens (tertiary/aromatic N) is 4. The molecule has 0 saturated heterocycles. The fourth-order valence-electron chi connectivity index (χ4n) is 1.37. The molecule has 2 aromatic rings. The molecule has 0 aliphatic carbocycles. The Morgan fingerprint density at radius 3 is 3.00 bits per heavy atom. The summed E-state index contributed by atoms with van der Waals surface area (Å²) in [4.78, 5) is 14.6. The Hall–Kier alpha value is -1.96. The van der Waals surface area contributed by atoms with Crippen LogP contribution >= 0.6 is 15.9 Å². The number of halogens is 1. The number of hydrogen-bond acceptors (Lipinski definition) is 4. The van der Waals surface area contributed by atoms with Crippen molar-refractivity contribution >= 4 is 22.0 Å². The Labute approximate surface area is 111 Å². The van der Waals surface area contributed by atoms with Crippen molar-refractivity contribution in [3.8, 4) is 0 Å². The van der Waals surface area contributed by atoms with Crippen LogP contribution < -0.4 is 5.32 Å². The van der Waals surface area contributed by atoms with E-state index in [-0.39, 0.29) is 6.54 Å². The molecule has 2 heterocycles. The summed E-state index contributed by atoms with van der Waals surface area (Å²) in [5, 5.41) is 18.4. The molecular weight excluding hydrogens is 302 g/mol. The average Bonchev–Trinajstić information content (AvgIpc) is 2.74. The maximum atomic E-state index is 10.3. The minimum absolute atomic E-state index is 0.140. The Morgan fingerprint density at radius 1 is 1.44 bits per heavy atom. The van der Waals surface area contributed by atoms with Crippen molar-refractivity contribution < 1.29 is 9.90 Å². The van der Waals surface area contributed by atoms with Crippen LogP contribution in [-0.2, 0) is 13.1 Å². The lowest BCUT2D eigenvalue weighted by Gasteiger charge is -2.00. The van der Waals surface area contributed by atoms with E-state index in [0.717, 1.165) is 10.3 Å². The normalized spacial score (nSPS) is 10.3. The first kappa shape index (κ1) is 12.5. The Morgan fingerprint density at radius 2 is 2.28 bits per heavy atom. The van der Waals surface area contributed by atoms with E-state index in [1.54, 1.807) is 10.9 Å². The molecule has 0 aromatic carbocycles. The molecule has 0 unspecified atom stereocenters. The van der Waals surface area contributed by atoms with Gasteiger partial charge in [-0.15, -0.1) is 5.10 Å². The van der Waals surface area contributed by atoms with E-state index >= 15 is 0 Å². The highest BCUT2D eigenvalue weighted by Gasteiger charge is 2.04. The second-order valence-electron chi connectivity index (χ2n) is 3.52. The predicted octanol–water partition coefficient (Wildman–Crippen LogP) is 1.25. The summed E-state index contributed by atoms with van der Waals surface area (Å²) >= 11 is 3.29. The molecule has 0 saturated carbocycles. The fraction of sp³-hybridized carbons (Fsp3) is 0.200. The highest BCUT2D eigenvalue weighted by Crippen LogP contribution is 2.07. The van der Waals surface area contributed by atoms with Gasteiger partial charge in [-0.1, -0.05) is 11.3 Å². The molecule has 1 amide bonds. The van der Waals surface area contributed by atoms with Crippen molar-refractivity contribution in [2.45, 2.75) is 13.1 Å². The lowest BCUT2D eigenvalue weighted by molar-refractivity contribution is 0.194. The zero-order valence-corrected chi connectivity index (χ0v) is 10.8. The second-order valence-corrected chi connectivity index (χ2v) is 4.33. The van der Waals surface area contributed by atoms with Gasteiger partial charge in [-0.25, -0.2) is 14.5 Å². The smallest absolute Gasteiger partial charge is 0.404 e. The summed E-state index contributed by atoms with van der Waals surface area (Å²) < 4.78 is 2.36. The topological polar surface area (TPSA) is 92.9 Å². The summed E-state index contributed by atoms with van der Waals surface area (Å²) in [6.07, 6.45) is 0.594. The molecule has 0 fully saturated rings. The number of carboxylic acid groups (broad SMARTS) is 1. The van der Waals surface area contributed by atoms with Gasteiger partial charge in [-0.3, -0.25) is 0 Å². The van der Waals surface area contributed by atoms with Gasteiger partial charge in [0.05, 0.1) is 25.0 Å². The Balaban J connectivity index is 2.00. The number of amides is 1. The van der Waals surface area contributed by atoms with Gasteiger partial charge in [0.2, 0.25) is 0 Å². The molecule has 94 valence electrons. The largest absolute Gasteiger partial charge is 0.465 e. The summed E-state index contributed by atoms with van der Waals surface area (Å²) in [5.74, 6) is 0. The SMILES string of the molecule is O=C(O)NCc1cn(Cc2cccc(Br)n2)nn1. The van der Waals surface area contributed by atoms with Crippen molar-refractivity contribution in [2.75, 3.05) is 0 Å². The van der Waals surface area contributed by atoms with E-state index in [1.807, 2.05) is 18.2 Å². The lowest BCUT2D eigenvalue weighted by Crippen LogP contribution is -2.20. The molecular formula is C10H10BrN5O2. The standard InChI is InChI=1S/C10H10BrN5O2/c11-9-3-1-2-7(13-9)5-16-6-8(14-15-16)4-12-10(17)18/h1-3,6,12H,4-5H2,(H,17,18). The van der Waals surface area contributed by atoms with Gasteiger partial charge in [0.1, 0.15) is 10.3 Å². The highest BCUT2D eigenvalue weighted by atomic mass is 79.9. The zero-order chi connectivity index (χ0) is 13.0. The quantitative estimate of drug-likeness (QED) is 0.829. The fourth-order valence-corrected chi connectivity index (χ4v) is 1.75. The van der Waals surface area contributed by atoms with Gasteiger partial charge in [0.25, 0.3) is 0 Å². The summed E-state index contributed by atoms with van der Waals surface area (Å²) in [5.41, 5.74) is 1.40. The van der Waals surface area contributed by atoms with Crippen LogP contribution in [0.2, 0.25) is 0 Å². The van der Waals surface area contributed by atoms with Gasteiger partial charge in [-0.2, -0.15) is 0 Å². The molecule has 0 radical (unpaired) electrons. The number of carbonyl (C=O) groups is 1. The molecule has 0 spiro atoms. The summed E-state index contributed by atoms with van der Waals surface area (Å²) in [6, 6.07) is 5.60. The maximum Gasteiger partial charge on any atom is 0.404 e. The van der Waals surface area contributed by atoms with Crippen molar-refractivity contribution in [1.82, 2.24) is 25.3 Å². The van der Waals surface area contributed by atoms with Crippen molar-refractivity contribution in [1.29, 1.82) is 0 Å². The number of hydrogen-bond donors (Lipinski definition) is 2. The number of rotatable bonds is 4. The van der Waals surface area contributed by atoms with Crippen molar-refractivity contribution in [2.24, 2.45) is 0 Å². The van der Waals surface area contributed by atoms with Crippen LogP contribution in [0.25, 0.3) is 0 Å². The number of aromatic nitrogens is 4. The van der Waals surface area contributed by atoms with Gasteiger partial charge in [0, 0.05) is 0 Å².